The number of nitrogen functional groups attached to an aromatic ring is 1. The Hall–Kier alpha value is -1.52. The predicted octanol–water partition coefficient (Wildman–Crippen LogP) is 1.89. The lowest BCUT2D eigenvalue weighted by atomic mass is 10.0. The van der Waals surface area contributed by atoms with Crippen molar-refractivity contribution in [2.24, 2.45) is 5.92 Å². The molecule has 1 heterocycles. The number of nitrogens with one attached hydrogen (secondary N) is 1. The lowest BCUT2D eigenvalue weighted by Crippen LogP contribution is -2.35. The molecular weight excluding hydrogens is 216 g/mol. The summed E-state index contributed by atoms with van der Waals surface area (Å²) in [6, 6.07) is 0. The fraction of sp³-hybridized carbons (Fsp3) is 0.667. The molecule has 1 rings (SSSR count). The number of carbonyl (C=O) groups is 1. The average Bonchev–Trinajstić information content (AvgIpc) is 2.76. The van der Waals surface area contributed by atoms with Crippen molar-refractivity contribution in [3.63, 3.8) is 0 Å². The van der Waals surface area contributed by atoms with Crippen molar-refractivity contribution >= 4 is 11.6 Å². The molecule has 0 unspecified atom stereocenters. The number of aromatic amines is 1. The van der Waals surface area contributed by atoms with Gasteiger partial charge < -0.3 is 10.6 Å². The van der Waals surface area contributed by atoms with Crippen LogP contribution in [-0.4, -0.2) is 34.1 Å². The smallest absolute Gasteiger partial charge is 0.274 e. The highest BCUT2D eigenvalue weighted by Gasteiger charge is 2.20. The van der Waals surface area contributed by atoms with Gasteiger partial charge in [0.25, 0.3) is 5.91 Å². The van der Waals surface area contributed by atoms with E-state index < -0.39 is 0 Å². The van der Waals surface area contributed by atoms with Gasteiger partial charge in [0.05, 0.1) is 11.9 Å². The first-order valence-electron chi connectivity index (χ1n) is 6.22. The Morgan fingerprint density at radius 3 is 2.53 bits per heavy atom. The van der Waals surface area contributed by atoms with Crippen molar-refractivity contribution < 1.29 is 4.79 Å². The van der Waals surface area contributed by atoms with Crippen molar-refractivity contribution in [3.8, 4) is 0 Å². The summed E-state index contributed by atoms with van der Waals surface area (Å²) in [6.07, 6.45) is 3.63. The van der Waals surface area contributed by atoms with E-state index in [1.807, 2.05) is 11.8 Å². The second-order valence-electron chi connectivity index (χ2n) is 4.23. The zero-order chi connectivity index (χ0) is 12.8. The summed E-state index contributed by atoms with van der Waals surface area (Å²) in [5.74, 6) is 0.484. The van der Waals surface area contributed by atoms with Crippen LogP contribution in [0.2, 0.25) is 0 Å². The first kappa shape index (κ1) is 13.5. The van der Waals surface area contributed by atoms with E-state index in [9.17, 15) is 4.79 Å². The van der Waals surface area contributed by atoms with Gasteiger partial charge in [0.15, 0.2) is 0 Å². The number of aromatic nitrogens is 2. The third-order valence-electron chi connectivity index (χ3n) is 3.18. The highest BCUT2D eigenvalue weighted by atomic mass is 16.2. The third-order valence-corrected chi connectivity index (χ3v) is 3.18. The van der Waals surface area contributed by atoms with Gasteiger partial charge in [-0.15, -0.1) is 0 Å². The Morgan fingerprint density at radius 2 is 2.12 bits per heavy atom. The standard InChI is InChI=1S/C12H22N4O/c1-4-9(5-2)8-16(6-3)12(17)11-10(13)7-14-15-11/h7,9H,4-6,8,13H2,1-3H3,(H,14,15). The van der Waals surface area contributed by atoms with Crippen LogP contribution in [0, 0.1) is 5.92 Å². The minimum absolute atomic E-state index is 0.0607. The lowest BCUT2D eigenvalue weighted by molar-refractivity contribution is 0.0730. The summed E-state index contributed by atoms with van der Waals surface area (Å²) in [4.78, 5) is 14.0. The molecule has 0 aliphatic carbocycles. The SMILES string of the molecule is CCC(CC)CN(CC)C(=O)c1[nH]ncc1N. The second-order valence-corrected chi connectivity index (χ2v) is 4.23. The molecule has 17 heavy (non-hydrogen) atoms. The fourth-order valence-corrected chi connectivity index (χ4v) is 1.84. The summed E-state index contributed by atoms with van der Waals surface area (Å²) in [5.41, 5.74) is 6.50. The Balaban J connectivity index is 2.74. The molecule has 1 amide bonds. The molecule has 0 aliphatic heterocycles. The van der Waals surface area contributed by atoms with Crippen LogP contribution in [0.5, 0.6) is 0 Å². The van der Waals surface area contributed by atoms with Crippen LogP contribution in [0.15, 0.2) is 6.20 Å². The summed E-state index contributed by atoms with van der Waals surface area (Å²) < 4.78 is 0. The fourth-order valence-electron chi connectivity index (χ4n) is 1.84. The zero-order valence-corrected chi connectivity index (χ0v) is 10.9. The van der Waals surface area contributed by atoms with E-state index in [1.54, 1.807) is 0 Å². The van der Waals surface area contributed by atoms with Gasteiger partial charge in [0.1, 0.15) is 5.69 Å². The number of amides is 1. The predicted molar refractivity (Wildman–Crippen MR) is 68.6 cm³/mol. The van der Waals surface area contributed by atoms with Crippen LogP contribution < -0.4 is 5.73 Å². The number of nitrogens with two attached hydrogens (primary N) is 1. The van der Waals surface area contributed by atoms with Gasteiger partial charge in [-0.05, 0) is 12.8 Å². The maximum Gasteiger partial charge on any atom is 0.274 e. The number of nitrogens with zero attached hydrogens (tertiary/aromatic N) is 2. The molecule has 0 spiro atoms. The Kier molecular flexibility index (Phi) is 5.00. The molecule has 1 aromatic rings. The van der Waals surface area contributed by atoms with Crippen molar-refractivity contribution in [2.75, 3.05) is 18.8 Å². The Labute approximate surface area is 102 Å². The lowest BCUT2D eigenvalue weighted by Gasteiger charge is -2.25. The number of H-pyrrole nitrogens is 1. The molecule has 0 bridgehead atoms. The van der Waals surface area contributed by atoms with Crippen LogP contribution in [-0.2, 0) is 0 Å². The second kappa shape index (κ2) is 6.27. The summed E-state index contributed by atoms with van der Waals surface area (Å²) in [5, 5.41) is 6.44. The minimum atomic E-state index is -0.0607. The highest BCUT2D eigenvalue weighted by molar-refractivity contribution is 5.96. The molecule has 5 heteroatoms. The molecular formula is C12H22N4O. The molecule has 0 radical (unpaired) electrons. The summed E-state index contributed by atoms with van der Waals surface area (Å²) in [6.45, 7) is 7.75. The maximum atomic E-state index is 12.2. The molecule has 0 atom stereocenters. The van der Waals surface area contributed by atoms with Crippen LogP contribution in [0.1, 0.15) is 44.1 Å². The monoisotopic (exact) mass is 238 g/mol. The average molecular weight is 238 g/mol. The first-order chi connectivity index (χ1) is 8.13. The molecule has 3 N–H and O–H groups in total. The van der Waals surface area contributed by atoms with E-state index in [-0.39, 0.29) is 5.91 Å². The van der Waals surface area contributed by atoms with Crippen molar-refractivity contribution in [1.82, 2.24) is 15.1 Å². The van der Waals surface area contributed by atoms with Crippen LogP contribution in [0.25, 0.3) is 0 Å². The molecule has 0 aromatic carbocycles. The van der Waals surface area contributed by atoms with E-state index in [1.165, 1.54) is 6.20 Å². The quantitative estimate of drug-likeness (QED) is 0.794. The molecule has 96 valence electrons. The van der Waals surface area contributed by atoms with E-state index in [0.29, 0.717) is 23.8 Å². The summed E-state index contributed by atoms with van der Waals surface area (Å²) in [7, 11) is 0. The number of rotatable bonds is 6. The van der Waals surface area contributed by atoms with Crippen molar-refractivity contribution in [3.05, 3.63) is 11.9 Å². The molecule has 5 nitrogen and oxygen atoms in total. The van der Waals surface area contributed by atoms with E-state index in [0.717, 1.165) is 19.4 Å². The van der Waals surface area contributed by atoms with Gasteiger partial charge in [-0.1, -0.05) is 26.7 Å². The van der Waals surface area contributed by atoms with E-state index >= 15 is 0 Å². The number of anilines is 1. The first-order valence-corrected chi connectivity index (χ1v) is 6.22. The number of hydrogen-bond donors (Lipinski definition) is 2. The molecule has 0 fully saturated rings. The zero-order valence-electron chi connectivity index (χ0n) is 10.9. The normalized spacial score (nSPS) is 10.8. The van der Waals surface area contributed by atoms with Gasteiger partial charge in [-0.2, -0.15) is 5.10 Å². The van der Waals surface area contributed by atoms with Crippen LogP contribution >= 0.6 is 0 Å². The number of hydrogen-bond acceptors (Lipinski definition) is 3. The van der Waals surface area contributed by atoms with Crippen molar-refractivity contribution in [1.29, 1.82) is 0 Å². The number of carbonyl (C=O) groups excluding carboxylic acids is 1. The van der Waals surface area contributed by atoms with Gasteiger partial charge >= 0.3 is 0 Å². The molecule has 0 aliphatic rings. The van der Waals surface area contributed by atoms with Gasteiger partial charge in [0.2, 0.25) is 0 Å². The Morgan fingerprint density at radius 1 is 1.47 bits per heavy atom. The van der Waals surface area contributed by atoms with Crippen LogP contribution in [0.3, 0.4) is 0 Å². The maximum absolute atomic E-state index is 12.2. The summed E-state index contributed by atoms with van der Waals surface area (Å²) >= 11 is 0. The van der Waals surface area contributed by atoms with E-state index in [2.05, 4.69) is 24.0 Å². The molecule has 0 saturated heterocycles. The van der Waals surface area contributed by atoms with Gasteiger partial charge in [-0.25, -0.2) is 0 Å². The molecule has 0 saturated carbocycles. The highest BCUT2D eigenvalue weighted by Crippen LogP contribution is 2.14. The van der Waals surface area contributed by atoms with Gasteiger partial charge in [-0.3, -0.25) is 9.89 Å². The third kappa shape index (κ3) is 3.22. The van der Waals surface area contributed by atoms with Crippen LogP contribution in [0.4, 0.5) is 5.69 Å². The van der Waals surface area contributed by atoms with Crippen molar-refractivity contribution in [2.45, 2.75) is 33.6 Å². The Bertz CT molecular complexity index is 357. The van der Waals surface area contributed by atoms with E-state index in [4.69, 9.17) is 5.73 Å². The largest absolute Gasteiger partial charge is 0.396 e. The van der Waals surface area contributed by atoms with Gasteiger partial charge in [0, 0.05) is 13.1 Å². The minimum Gasteiger partial charge on any atom is -0.396 e. The molecule has 1 aromatic heterocycles. The topological polar surface area (TPSA) is 75.0 Å².